The van der Waals surface area contributed by atoms with Crippen molar-refractivity contribution in [2.45, 2.75) is 37.6 Å². The molecule has 1 spiro atoms. The van der Waals surface area contributed by atoms with E-state index in [2.05, 4.69) is 5.32 Å². The van der Waals surface area contributed by atoms with E-state index >= 15 is 0 Å². The lowest BCUT2D eigenvalue weighted by atomic mass is 9.89. The maximum atomic E-state index is 11.0. The zero-order chi connectivity index (χ0) is 14.7. The second-order valence-corrected chi connectivity index (χ2v) is 5.94. The molecule has 0 saturated carbocycles. The van der Waals surface area contributed by atoms with Crippen LogP contribution >= 0.6 is 0 Å². The molecule has 2 saturated heterocycles. The summed E-state index contributed by atoms with van der Waals surface area (Å²) < 4.78 is 12.0. The SMILES string of the molecule is NC(=O)c1ccc(COC2COC3(CCNCC3)C2)cc1. The Morgan fingerprint density at radius 2 is 2.05 bits per heavy atom. The van der Waals surface area contributed by atoms with Crippen molar-refractivity contribution in [1.29, 1.82) is 0 Å². The maximum Gasteiger partial charge on any atom is 0.248 e. The lowest BCUT2D eigenvalue weighted by Gasteiger charge is -2.32. The molecule has 0 bridgehead atoms. The summed E-state index contributed by atoms with van der Waals surface area (Å²) >= 11 is 0. The van der Waals surface area contributed by atoms with Crippen LogP contribution in [0.4, 0.5) is 0 Å². The summed E-state index contributed by atoms with van der Waals surface area (Å²) in [4.78, 5) is 11.0. The highest BCUT2D eigenvalue weighted by atomic mass is 16.6. The Morgan fingerprint density at radius 3 is 2.71 bits per heavy atom. The predicted octanol–water partition coefficient (Wildman–Crippen LogP) is 1.21. The van der Waals surface area contributed by atoms with Crippen molar-refractivity contribution in [3.8, 4) is 0 Å². The van der Waals surface area contributed by atoms with Gasteiger partial charge in [-0.05, 0) is 43.6 Å². The number of ether oxygens (including phenoxy) is 2. The Bertz CT molecular complexity index is 495. The molecule has 2 aliphatic heterocycles. The normalized spacial score (nSPS) is 24.3. The number of carbonyl (C=O) groups excluding carboxylic acids is 1. The molecule has 5 heteroatoms. The number of nitrogens with one attached hydrogen (secondary N) is 1. The molecule has 1 unspecified atom stereocenters. The summed E-state index contributed by atoms with van der Waals surface area (Å²) in [6, 6.07) is 7.24. The Labute approximate surface area is 124 Å². The van der Waals surface area contributed by atoms with E-state index in [1.54, 1.807) is 12.1 Å². The first-order valence-electron chi connectivity index (χ1n) is 7.52. The summed E-state index contributed by atoms with van der Waals surface area (Å²) in [6.07, 6.45) is 3.29. The quantitative estimate of drug-likeness (QED) is 0.874. The summed E-state index contributed by atoms with van der Waals surface area (Å²) in [5.74, 6) is -0.403. The van der Waals surface area contributed by atoms with Gasteiger partial charge in [-0.3, -0.25) is 4.79 Å². The number of amides is 1. The van der Waals surface area contributed by atoms with Gasteiger partial charge in [-0.1, -0.05) is 12.1 Å². The lowest BCUT2D eigenvalue weighted by Crippen LogP contribution is -2.41. The summed E-state index contributed by atoms with van der Waals surface area (Å²) in [5, 5.41) is 3.36. The monoisotopic (exact) mass is 290 g/mol. The van der Waals surface area contributed by atoms with Crippen LogP contribution in [-0.4, -0.2) is 37.3 Å². The van der Waals surface area contributed by atoms with Crippen LogP contribution in [0.15, 0.2) is 24.3 Å². The molecule has 1 atom stereocenters. The van der Waals surface area contributed by atoms with E-state index in [1.807, 2.05) is 12.1 Å². The standard InChI is InChI=1S/C16H22N2O3/c17-15(19)13-3-1-12(2-4-13)10-20-14-9-16(21-11-14)5-7-18-8-6-16/h1-4,14,18H,5-11H2,(H2,17,19). The fraction of sp³-hybridized carbons (Fsp3) is 0.562. The van der Waals surface area contributed by atoms with E-state index in [-0.39, 0.29) is 11.7 Å². The van der Waals surface area contributed by atoms with E-state index < -0.39 is 5.91 Å². The highest BCUT2D eigenvalue weighted by Crippen LogP contribution is 2.35. The van der Waals surface area contributed by atoms with Crippen molar-refractivity contribution < 1.29 is 14.3 Å². The molecule has 0 aliphatic carbocycles. The maximum absolute atomic E-state index is 11.0. The van der Waals surface area contributed by atoms with Crippen molar-refractivity contribution in [2.75, 3.05) is 19.7 Å². The molecule has 2 fully saturated rings. The summed E-state index contributed by atoms with van der Waals surface area (Å²) in [6.45, 7) is 3.28. The first-order chi connectivity index (χ1) is 10.2. The minimum Gasteiger partial charge on any atom is -0.372 e. The molecule has 2 aliphatic rings. The topological polar surface area (TPSA) is 73.6 Å². The molecule has 1 aromatic carbocycles. The zero-order valence-corrected chi connectivity index (χ0v) is 12.1. The number of rotatable bonds is 4. The van der Waals surface area contributed by atoms with E-state index in [0.29, 0.717) is 18.8 Å². The molecule has 114 valence electrons. The fourth-order valence-corrected chi connectivity index (χ4v) is 3.12. The molecule has 1 aromatic rings. The highest BCUT2D eigenvalue weighted by Gasteiger charge is 2.41. The lowest BCUT2D eigenvalue weighted by molar-refractivity contribution is -0.0240. The second-order valence-electron chi connectivity index (χ2n) is 5.94. The fourth-order valence-electron chi connectivity index (χ4n) is 3.12. The zero-order valence-electron chi connectivity index (χ0n) is 12.1. The minimum absolute atomic E-state index is 0.0335. The van der Waals surface area contributed by atoms with Gasteiger partial charge in [0.2, 0.25) is 5.91 Å². The van der Waals surface area contributed by atoms with E-state index in [9.17, 15) is 4.79 Å². The van der Waals surface area contributed by atoms with Crippen molar-refractivity contribution in [3.05, 3.63) is 35.4 Å². The van der Waals surface area contributed by atoms with Gasteiger partial charge in [-0.2, -0.15) is 0 Å². The molecule has 5 nitrogen and oxygen atoms in total. The molecule has 3 rings (SSSR count). The molecule has 0 radical (unpaired) electrons. The third-order valence-corrected chi connectivity index (χ3v) is 4.41. The van der Waals surface area contributed by atoms with Crippen LogP contribution in [-0.2, 0) is 16.1 Å². The molecular weight excluding hydrogens is 268 g/mol. The smallest absolute Gasteiger partial charge is 0.248 e. The first kappa shape index (κ1) is 14.5. The van der Waals surface area contributed by atoms with Crippen LogP contribution < -0.4 is 11.1 Å². The molecule has 1 amide bonds. The summed E-state index contributed by atoms with van der Waals surface area (Å²) in [7, 11) is 0. The van der Waals surface area contributed by atoms with Gasteiger partial charge < -0.3 is 20.5 Å². The molecule has 0 aromatic heterocycles. The molecule has 21 heavy (non-hydrogen) atoms. The number of benzene rings is 1. The Morgan fingerprint density at radius 1 is 1.33 bits per heavy atom. The van der Waals surface area contributed by atoms with Crippen LogP contribution in [0, 0.1) is 0 Å². The van der Waals surface area contributed by atoms with Crippen LogP contribution in [0.25, 0.3) is 0 Å². The van der Waals surface area contributed by atoms with Crippen molar-refractivity contribution in [3.63, 3.8) is 0 Å². The van der Waals surface area contributed by atoms with Gasteiger partial charge in [0.25, 0.3) is 0 Å². The van der Waals surface area contributed by atoms with Crippen LogP contribution in [0.2, 0.25) is 0 Å². The van der Waals surface area contributed by atoms with Gasteiger partial charge in [-0.15, -0.1) is 0 Å². The van der Waals surface area contributed by atoms with Crippen LogP contribution in [0.3, 0.4) is 0 Å². The first-order valence-corrected chi connectivity index (χ1v) is 7.52. The van der Waals surface area contributed by atoms with Crippen LogP contribution in [0.5, 0.6) is 0 Å². The Kier molecular flexibility index (Phi) is 4.24. The number of primary amides is 1. The third-order valence-electron chi connectivity index (χ3n) is 4.41. The van der Waals surface area contributed by atoms with Crippen molar-refractivity contribution >= 4 is 5.91 Å². The van der Waals surface area contributed by atoms with Gasteiger partial charge in [-0.25, -0.2) is 0 Å². The van der Waals surface area contributed by atoms with Crippen molar-refractivity contribution in [2.24, 2.45) is 5.73 Å². The number of hydrogen-bond acceptors (Lipinski definition) is 4. The second kappa shape index (κ2) is 6.13. The number of piperidine rings is 1. The average molecular weight is 290 g/mol. The molecule has 3 N–H and O–H groups in total. The Balaban J connectivity index is 1.50. The Hall–Kier alpha value is -1.43. The summed E-state index contributed by atoms with van der Waals surface area (Å²) in [5.41, 5.74) is 6.83. The van der Waals surface area contributed by atoms with Gasteiger partial charge in [0.15, 0.2) is 0 Å². The third kappa shape index (κ3) is 3.43. The van der Waals surface area contributed by atoms with E-state index in [0.717, 1.165) is 37.9 Å². The number of carbonyl (C=O) groups is 1. The van der Waals surface area contributed by atoms with Gasteiger partial charge >= 0.3 is 0 Å². The van der Waals surface area contributed by atoms with Crippen molar-refractivity contribution in [1.82, 2.24) is 5.32 Å². The highest BCUT2D eigenvalue weighted by molar-refractivity contribution is 5.92. The van der Waals surface area contributed by atoms with E-state index in [4.69, 9.17) is 15.2 Å². The van der Waals surface area contributed by atoms with E-state index in [1.165, 1.54) is 0 Å². The molecular formula is C16H22N2O3. The van der Waals surface area contributed by atoms with Gasteiger partial charge in [0.05, 0.1) is 24.9 Å². The number of nitrogens with two attached hydrogens (primary N) is 1. The van der Waals surface area contributed by atoms with Gasteiger partial charge in [0.1, 0.15) is 0 Å². The van der Waals surface area contributed by atoms with Gasteiger partial charge in [0, 0.05) is 12.0 Å². The predicted molar refractivity (Wildman–Crippen MR) is 78.9 cm³/mol. The average Bonchev–Trinajstić information content (AvgIpc) is 2.89. The largest absolute Gasteiger partial charge is 0.372 e. The number of hydrogen-bond donors (Lipinski definition) is 2. The van der Waals surface area contributed by atoms with Crippen LogP contribution in [0.1, 0.15) is 35.2 Å². The minimum atomic E-state index is -0.403. The molecule has 2 heterocycles.